The van der Waals surface area contributed by atoms with Gasteiger partial charge in [-0.1, -0.05) is 72.8 Å². The first-order valence-electron chi connectivity index (χ1n) is 6.96. The summed E-state index contributed by atoms with van der Waals surface area (Å²) in [6, 6.07) is 28.5. The number of carbonyl (C=O) groups excluding carboxylic acids is 1. The van der Waals surface area contributed by atoms with Crippen molar-refractivity contribution in [2.75, 3.05) is 0 Å². The lowest BCUT2D eigenvalue weighted by Crippen LogP contribution is -2.20. The van der Waals surface area contributed by atoms with E-state index in [1.807, 2.05) is 24.3 Å². The lowest BCUT2D eigenvalue weighted by molar-refractivity contribution is 0.108. The maximum absolute atomic E-state index is 11.2. The first kappa shape index (κ1) is 15.0. The van der Waals surface area contributed by atoms with Crippen LogP contribution in [-0.2, 0) is 0 Å². The van der Waals surface area contributed by atoms with Crippen molar-refractivity contribution in [3.05, 3.63) is 90.5 Å². The molecular weight excluding hydrogens is 311 g/mol. The molecule has 0 radical (unpaired) electrons. The minimum absolute atomic E-state index is 0.421. The molecule has 1 nitrogen and oxygen atoms in total. The molecule has 0 spiro atoms. The smallest absolute Gasteiger partial charge is 0.252 e. The molecule has 0 atom stereocenters. The summed E-state index contributed by atoms with van der Waals surface area (Å²) in [5.74, 6) is 0. The first-order chi connectivity index (χ1) is 10.8. The van der Waals surface area contributed by atoms with Crippen molar-refractivity contribution in [1.29, 1.82) is 0 Å². The molecule has 3 aromatic rings. The molecule has 108 valence electrons. The molecule has 3 aromatic carbocycles. The summed E-state index contributed by atoms with van der Waals surface area (Å²) in [6.45, 7) is 0. The predicted molar refractivity (Wildman–Crippen MR) is 95.3 cm³/mol. The van der Waals surface area contributed by atoms with Crippen LogP contribution in [0.4, 0.5) is 0 Å². The van der Waals surface area contributed by atoms with E-state index in [1.165, 1.54) is 15.9 Å². The van der Waals surface area contributed by atoms with Crippen molar-refractivity contribution in [1.82, 2.24) is 0 Å². The summed E-state index contributed by atoms with van der Waals surface area (Å²) in [7, 11) is -0.632. The first-order valence-corrected chi connectivity index (χ1v) is 8.68. The molecule has 0 saturated heterocycles. The second kappa shape index (κ2) is 6.87. The van der Waals surface area contributed by atoms with E-state index in [0.29, 0.717) is 5.56 Å². The van der Waals surface area contributed by atoms with Crippen molar-refractivity contribution in [3.8, 4) is 0 Å². The molecule has 0 saturated carbocycles. The van der Waals surface area contributed by atoms with Crippen LogP contribution < -0.4 is 15.9 Å². The summed E-state index contributed by atoms with van der Waals surface area (Å²) >= 11 is 5.54. The molecule has 0 fully saturated rings. The number of rotatable bonds is 4. The van der Waals surface area contributed by atoms with Crippen LogP contribution in [0, 0.1) is 0 Å². The van der Waals surface area contributed by atoms with Crippen LogP contribution in [0.15, 0.2) is 84.9 Å². The monoisotopic (exact) mass is 324 g/mol. The van der Waals surface area contributed by atoms with Gasteiger partial charge < -0.3 is 0 Å². The standard InChI is InChI=1S/C19H14ClOP/c20-19(21)15-11-13-18(14-12-15)22(16-7-3-1-4-8-16)17-9-5-2-6-10-17/h1-14H. The largest absolute Gasteiger partial charge is 0.276 e. The highest BCUT2D eigenvalue weighted by molar-refractivity contribution is 7.79. The van der Waals surface area contributed by atoms with Crippen molar-refractivity contribution in [2.24, 2.45) is 0 Å². The summed E-state index contributed by atoms with van der Waals surface area (Å²) in [4.78, 5) is 11.2. The van der Waals surface area contributed by atoms with Crippen LogP contribution in [0.1, 0.15) is 10.4 Å². The number of hydrogen-bond acceptors (Lipinski definition) is 1. The fourth-order valence-electron chi connectivity index (χ4n) is 2.34. The van der Waals surface area contributed by atoms with Gasteiger partial charge in [-0.15, -0.1) is 0 Å². The molecule has 0 aliphatic carbocycles. The molecule has 3 heteroatoms. The quantitative estimate of drug-likeness (QED) is 0.526. The number of hydrogen-bond donors (Lipinski definition) is 0. The Morgan fingerprint density at radius 1 is 0.636 bits per heavy atom. The van der Waals surface area contributed by atoms with Gasteiger partial charge in [-0.25, -0.2) is 0 Å². The van der Waals surface area contributed by atoms with Gasteiger partial charge in [-0.05, 0) is 47.6 Å². The van der Waals surface area contributed by atoms with Gasteiger partial charge in [0.2, 0.25) is 0 Å². The van der Waals surface area contributed by atoms with Gasteiger partial charge in [0.05, 0.1) is 0 Å². The molecule has 0 aliphatic heterocycles. The van der Waals surface area contributed by atoms with E-state index in [0.717, 1.165) is 0 Å². The van der Waals surface area contributed by atoms with Crippen LogP contribution in [0.5, 0.6) is 0 Å². The average Bonchev–Trinajstić information content (AvgIpc) is 2.57. The third kappa shape index (κ3) is 3.27. The van der Waals surface area contributed by atoms with E-state index < -0.39 is 13.2 Å². The molecule has 0 amide bonds. The predicted octanol–water partition coefficient (Wildman–Crippen LogP) is 3.82. The van der Waals surface area contributed by atoms with Crippen LogP contribution in [0.3, 0.4) is 0 Å². The fourth-order valence-corrected chi connectivity index (χ4v) is 4.75. The molecule has 0 N–H and O–H groups in total. The lowest BCUT2D eigenvalue weighted by Gasteiger charge is -2.19. The van der Waals surface area contributed by atoms with Gasteiger partial charge in [0.15, 0.2) is 0 Å². The Hall–Kier alpha value is -1.95. The van der Waals surface area contributed by atoms with Crippen molar-refractivity contribution in [3.63, 3.8) is 0 Å². The van der Waals surface area contributed by atoms with Gasteiger partial charge in [0.25, 0.3) is 5.24 Å². The zero-order valence-electron chi connectivity index (χ0n) is 11.8. The zero-order valence-corrected chi connectivity index (χ0v) is 13.5. The third-order valence-electron chi connectivity index (χ3n) is 3.38. The normalized spacial score (nSPS) is 10.6. The minimum atomic E-state index is -0.632. The van der Waals surface area contributed by atoms with Gasteiger partial charge >= 0.3 is 0 Å². The van der Waals surface area contributed by atoms with Gasteiger partial charge in [0.1, 0.15) is 0 Å². The highest BCUT2D eigenvalue weighted by atomic mass is 35.5. The van der Waals surface area contributed by atoms with E-state index >= 15 is 0 Å². The summed E-state index contributed by atoms with van der Waals surface area (Å²) < 4.78 is 0. The third-order valence-corrected chi connectivity index (χ3v) is 6.04. The Bertz CT molecular complexity index is 715. The molecule has 0 bridgehead atoms. The maximum atomic E-state index is 11.2. The van der Waals surface area contributed by atoms with Gasteiger partial charge in [-0.3, -0.25) is 4.79 Å². The Kier molecular flexibility index (Phi) is 4.68. The van der Waals surface area contributed by atoms with Gasteiger partial charge in [-0.2, -0.15) is 0 Å². The maximum Gasteiger partial charge on any atom is 0.252 e. The molecule has 0 aliphatic rings. The second-order valence-electron chi connectivity index (χ2n) is 4.83. The Morgan fingerprint density at radius 2 is 1.05 bits per heavy atom. The number of benzene rings is 3. The van der Waals surface area contributed by atoms with Crippen LogP contribution in [-0.4, -0.2) is 5.24 Å². The van der Waals surface area contributed by atoms with Crippen LogP contribution in [0.25, 0.3) is 0 Å². The summed E-state index contributed by atoms with van der Waals surface area (Å²) in [5.41, 5.74) is 0.529. The van der Waals surface area contributed by atoms with E-state index in [4.69, 9.17) is 11.6 Å². The Balaban J connectivity index is 2.08. The summed E-state index contributed by atoms with van der Waals surface area (Å²) in [5, 5.41) is 3.35. The molecule has 0 unspecified atom stereocenters. The molecule has 22 heavy (non-hydrogen) atoms. The van der Waals surface area contributed by atoms with Crippen LogP contribution in [0.2, 0.25) is 0 Å². The van der Waals surface area contributed by atoms with E-state index in [1.54, 1.807) is 12.1 Å². The van der Waals surface area contributed by atoms with E-state index in [-0.39, 0.29) is 0 Å². The fraction of sp³-hybridized carbons (Fsp3) is 0. The van der Waals surface area contributed by atoms with Crippen molar-refractivity contribution < 1.29 is 4.79 Å². The van der Waals surface area contributed by atoms with E-state index in [9.17, 15) is 4.79 Å². The summed E-state index contributed by atoms with van der Waals surface area (Å²) in [6.07, 6.45) is 0. The lowest BCUT2D eigenvalue weighted by atomic mass is 10.2. The molecule has 0 aromatic heterocycles. The SMILES string of the molecule is O=C(Cl)c1ccc(P(c2ccccc2)c2ccccc2)cc1. The zero-order chi connectivity index (χ0) is 15.4. The molecule has 0 heterocycles. The topological polar surface area (TPSA) is 17.1 Å². The molecule has 3 rings (SSSR count). The average molecular weight is 325 g/mol. The van der Waals surface area contributed by atoms with Crippen molar-refractivity contribution >= 4 is 40.7 Å². The Morgan fingerprint density at radius 3 is 1.45 bits per heavy atom. The van der Waals surface area contributed by atoms with E-state index in [2.05, 4.69) is 48.5 Å². The Labute approximate surface area is 136 Å². The second-order valence-corrected chi connectivity index (χ2v) is 7.39. The highest BCUT2D eigenvalue weighted by Gasteiger charge is 2.16. The number of halogens is 1. The minimum Gasteiger partial charge on any atom is -0.276 e. The molecular formula is C19H14ClOP. The van der Waals surface area contributed by atoms with Crippen molar-refractivity contribution in [2.45, 2.75) is 0 Å². The van der Waals surface area contributed by atoms with Crippen LogP contribution >= 0.6 is 19.5 Å². The van der Waals surface area contributed by atoms with Gasteiger partial charge in [0, 0.05) is 5.56 Å². The highest BCUT2D eigenvalue weighted by Crippen LogP contribution is 2.32. The number of carbonyl (C=O) groups is 1.